The second-order valence-corrected chi connectivity index (χ2v) is 7.17. The summed E-state index contributed by atoms with van der Waals surface area (Å²) >= 11 is 0. The largest absolute Gasteiger partial charge is 0.488 e. The minimum Gasteiger partial charge on any atom is -0.488 e. The maximum absolute atomic E-state index is 13.0. The van der Waals surface area contributed by atoms with Crippen molar-refractivity contribution in [3.05, 3.63) is 24.3 Å². The molecule has 0 aliphatic carbocycles. The van der Waals surface area contributed by atoms with Crippen molar-refractivity contribution < 1.29 is 32.6 Å². The molecule has 2 N–H and O–H groups in total. The molecule has 1 saturated heterocycles. The number of nitrogens with zero attached hydrogens (tertiary/aromatic N) is 1. The van der Waals surface area contributed by atoms with Gasteiger partial charge in [-0.3, -0.25) is 4.79 Å². The number of ether oxygens (including phenoxy) is 1. The van der Waals surface area contributed by atoms with Gasteiger partial charge in [0, 0.05) is 18.8 Å². The Morgan fingerprint density at radius 1 is 1.15 bits per heavy atom. The first-order valence-electron chi connectivity index (χ1n) is 8.01. The van der Waals surface area contributed by atoms with Gasteiger partial charge in [0.1, 0.15) is 11.4 Å². The number of amides is 2. The minimum atomic E-state index is -4.68. The summed E-state index contributed by atoms with van der Waals surface area (Å²) in [5.41, 5.74) is -0.0164. The van der Waals surface area contributed by atoms with E-state index in [9.17, 15) is 22.8 Å². The highest BCUT2D eigenvalue weighted by molar-refractivity contribution is 5.90. The Labute approximate surface area is 148 Å². The number of benzene rings is 1. The Morgan fingerprint density at radius 3 is 2.15 bits per heavy atom. The molecule has 0 aromatic heterocycles. The summed E-state index contributed by atoms with van der Waals surface area (Å²) in [6.45, 7) is 4.47. The summed E-state index contributed by atoms with van der Waals surface area (Å²) in [6.07, 6.45) is -4.68. The highest BCUT2D eigenvalue weighted by Crippen LogP contribution is 2.37. The third-order valence-corrected chi connectivity index (χ3v) is 3.87. The summed E-state index contributed by atoms with van der Waals surface area (Å²) in [7, 11) is 0. The van der Waals surface area contributed by atoms with Gasteiger partial charge in [-0.2, -0.15) is 13.2 Å². The highest BCUT2D eigenvalue weighted by atomic mass is 19.4. The van der Waals surface area contributed by atoms with Crippen LogP contribution >= 0.6 is 0 Å². The van der Waals surface area contributed by atoms with Crippen LogP contribution in [-0.4, -0.2) is 46.9 Å². The van der Waals surface area contributed by atoms with Gasteiger partial charge in [0.2, 0.25) is 0 Å². The fourth-order valence-electron chi connectivity index (χ4n) is 2.71. The third-order valence-electron chi connectivity index (χ3n) is 3.87. The van der Waals surface area contributed by atoms with E-state index in [-0.39, 0.29) is 0 Å². The van der Waals surface area contributed by atoms with Crippen molar-refractivity contribution in [3.63, 3.8) is 0 Å². The molecule has 0 unspecified atom stereocenters. The van der Waals surface area contributed by atoms with Crippen molar-refractivity contribution in [2.75, 3.05) is 18.4 Å². The second kappa shape index (κ2) is 7.05. The number of aliphatic carboxylic acids is 1. The van der Waals surface area contributed by atoms with Crippen LogP contribution in [0.3, 0.4) is 0 Å². The van der Waals surface area contributed by atoms with Crippen LogP contribution in [0.5, 0.6) is 5.75 Å². The van der Waals surface area contributed by atoms with Gasteiger partial charge >= 0.3 is 18.2 Å². The van der Waals surface area contributed by atoms with Crippen LogP contribution in [-0.2, 0) is 4.79 Å². The highest BCUT2D eigenvalue weighted by Gasteiger charge is 2.53. The van der Waals surface area contributed by atoms with E-state index in [0.29, 0.717) is 11.4 Å². The van der Waals surface area contributed by atoms with Crippen LogP contribution in [0.4, 0.5) is 23.7 Å². The van der Waals surface area contributed by atoms with Crippen LogP contribution < -0.4 is 10.1 Å². The minimum absolute atomic E-state index is 0.374. The Bertz CT molecular complexity index is 668. The number of hydrogen-bond acceptors (Lipinski definition) is 3. The van der Waals surface area contributed by atoms with E-state index < -0.39 is 48.7 Å². The molecule has 1 aromatic carbocycles. The predicted octanol–water partition coefficient (Wildman–Crippen LogP) is 3.59. The Morgan fingerprint density at radius 2 is 1.73 bits per heavy atom. The number of halogens is 3. The number of nitrogens with one attached hydrogen (secondary N) is 1. The van der Waals surface area contributed by atoms with Crippen molar-refractivity contribution in [3.8, 4) is 5.75 Å². The first-order chi connectivity index (χ1) is 11.9. The van der Waals surface area contributed by atoms with Crippen molar-refractivity contribution in [1.82, 2.24) is 4.90 Å². The summed E-state index contributed by atoms with van der Waals surface area (Å²) in [4.78, 5) is 24.1. The van der Waals surface area contributed by atoms with Gasteiger partial charge in [-0.15, -0.1) is 0 Å². The quantitative estimate of drug-likeness (QED) is 0.848. The monoisotopic (exact) mass is 374 g/mol. The molecule has 1 aromatic rings. The molecular formula is C17H21F3N2O4. The van der Waals surface area contributed by atoms with Gasteiger partial charge in [-0.1, -0.05) is 0 Å². The lowest BCUT2D eigenvalue weighted by Gasteiger charge is -2.21. The van der Waals surface area contributed by atoms with E-state index >= 15 is 0 Å². The molecule has 144 valence electrons. The molecule has 2 atom stereocenters. The molecule has 1 heterocycles. The molecule has 1 aliphatic heterocycles. The lowest BCUT2D eigenvalue weighted by Crippen LogP contribution is -2.35. The van der Waals surface area contributed by atoms with E-state index in [2.05, 4.69) is 5.32 Å². The van der Waals surface area contributed by atoms with Crippen LogP contribution in [0.1, 0.15) is 20.8 Å². The molecule has 1 fully saturated rings. The molecular weight excluding hydrogens is 353 g/mol. The maximum Gasteiger partial charge on any atom is 0.394 e. The van der Waals surface area contributed by atoms with Gasteiger partial charge in [-0.25, -0.2) is 4.79 Å². The molecule has 2 rings (SSSR count). The number of carbonyl (C=O) groups excluding carboxylic acids is 1. The predicted molar refractivity (Wildman–Crippen MR) is 88.1 cm³/mol. The molecule has 26 heavy (non-hydrogen) atoms. The number of carboxylic acid groups (broad SMARTS) is 1. The first kappa shape index (κ1) is 19.9. The van der Waals surface area contributed by atoms with Gasteiger partial charge in [0.15, 0.2) is 0 Å². The fraction of sp³-hybridized carbons (Fsp3) is 0.529. The Kier molecular flexibility index (Phi) is 5.39. The number of likely N-dealkylation sites (tertiary alicyclic amines) is 1. The average molecular weight is 374 g/mol. The molecule has 0 saturated carbocycles. The van der Waals surface area contributed by atoms with E-state index in [1.165, 1.54) is 0 Å². The van der Waals surface area contributed by atoms with Gasteiger partial charge in [0.25, 0.3) is 0 Å². The number of alkyl halides is 3. The first-order valence-corrected chi connectivity index (χ1v) is 8.01. The number of anilines is 1. The SMILES string of the molecule is CC(C)(C)Oc1ccc(NC(=O)N2C[C@@H](C(F)(F)F)[C@H](C(=O)O)C2)cc1. The smallest absolute Gasteiger partial charge is 0.394 e. The maximum atomic E-state index is 13.0. The molecule has 9 heteroatoms. The normalized spacial score (nSPS) is 20.8. The average Bonchev–Trinajstić information content (AvgIpc) is 2.93. The lowest BCUT2D eigenvalue weighted by molar-refractivity contribution is -0.187. The molecule has 6 nitrogen and oxygen atoms in total. The van der Waals surface area contributed by atoms with Crippen molar-refractivity contribution in [2.45, 2.75) is 32.5 Å². The number of urea groups is 1. The van der Waals surface area contributed by atoms with Crippen molar-refractivity contribution >= 4 is 17.7 Å². The van der Waals surface area contributed by atoms with Crippen LogP contribution in [0.15, 0.2) is 24.3 Å². The molecule has 1 aliphatic rings. The Hall–Kier alpha value is -2.45. The molecule has 2 amide bonds. The topological polar surface area (TPSA) is 78.9 Å². The summed E-state index contributed by atoms with van der Waals surface area (Å²) in [6, 6.07) is 5.61. The van der Waals surface area contributed by atoms with Crippen LogP contribution in [0, 0.1) is 11.8 Å². The van der Waals surface area contributed by atoms with Crippen LogP contribution in [0.2, 0.25) is 0 Å². The third kappa shape index (κ3) is 5.03. The fourth-order valence-corrected chi connectivity index (χ4v) is 2.71. The molecule has 0 bridgehead atoms. The standard InChI is InChI=1S/C17H21F3N2O4/c1-16(2,3)26-11-6-4-10(5-7-11)21-15(25)22-8-12(14(23)24)13(9-22)17(18,19)20/h4-7,12-13H,8-9H2,1-3H3,(H,21,25)(H,23,24)/t12-,13-/m1/s1. The van der Waals surface area contributed by atoms with E-state index in [1.54, 1.807) is 24.3 Å². The van der Waals surface area contributed by atoms with Crippen molar-refractivity contribution in [1.29, 1.82) is 0 Å². The van der Waals surface area contributed by atoms with E-state index in [0.717, 1.165) is 4.90 Å². The number of hydrogen-bond donors (Lipinski definition) is 2. The number of rotatable bonds is 3. The van der Waals surface area contributed by atoms with Gasteiger partial charge < -0.3 is 20.1 Å². The van der Waals surface area contributed by atoms with E-state index in [1.807, 2.05) is 20.8 Å². The molecule has 0 radical (unpaired) electrons. The summed E-state index contributed by atoms with van der Waals surface area (Å²) in [5, 5.41) is 11.5. The zero-order chi connectivity index (χ0) is 19.7. The number of carbonyl (C=O) groups is 2. The zero-order valence-electron chi connectivity index (χ0n) is 14.6. The second-order valence-electron chi connectivity index (χ2n) is 7.17. The Balaban J connectivity index is 2.03. The van der Waals surface area contributed by atoms with Crippen molar-refractivity contribution in [2.24, 2.45) is 11.8 Å². The zero-order valence-corrected chi connectivity index (χ0v) is 14.6. The van der Waals surface area contributed by atoms with Gasteiger partial charge in [0.05, 0.1) is 11.8 Å². The lowest BCUT2D eigenvalue weighted by atomic mass is 9.96. The summed E-state index contributed by atoms with van der Waals surface area (Å²) in [5.74, 6) is -4.72. The number of carboxylic acids is 1. The van der Waals surface area contributed by atoms with Gasteiger partial charge in [-0.05, 0) is 45.0 Å². The van der Waals surface area contributed by atoms with Crippen LogP contribution in [0.25, 0.3) is 0 Å². The summed E-state index contributed by atoms with van der Waals surface area (Å²) < 4.78 is 44.6. The molecule has 0 spiro atoms. The van der Waals surface area contributed by atoms with E-state index in [4.69, 9.17) is 9.84 Å².